The summed E-state index contributed by atoms with van der Waals surface area (Å²) in [4.78, 5) is 21.3. The molecule has 0 radical (unpaired) electrons. The van der Waals surface area contributed by atoms with E-state index in [1.165, 1.54) is 6.07 Å². The monoisotopic (exact) mass is 524 g/mol. The maximum atomic E-state index is 13.5. The molecule has 2 amide bonds. The summed E-state index contributed by atoms with van der Waals surface area (Å²) in [6.45, 7) is 2.40. The highest BCUT2D eigenvalue weighted by molar-refractivity contribution is 6.04. The smallest absolute Gasteiger partial charge is 0.416 e. The van der Waals surface area contributed by atoms with Gasteiger partial charge in [0.15, 0.2) is 5.75 Å². The van der Waals surface area contributed by atoms with Gasteiger partial charge in [-0.15, -0.1) is 0 Å². The second-order valence-electron chi connectivity index (χ2n) is 9.05. The van der Waals surface area contributed by atoms with Crippen molar-refractivity contribution >= 4 is 17.6 Å². The number of amides is 2. The summed E-state index contributed by atoms with van der Waals surface area (Å²) in [6.07, 6.45) is -3.85. The number of aliphatic imine (C=N–C) groups is 1. The van der Waals surface area contributed by atoms with Crippen LogP contribution in [0.25, 0.3) is 0 Å². The first kappa shape index (κ1) is 25.4. The van der Waals surface area contributed by atoms with Crippen LogP contribution in [0.2, 0.25) is 0 Å². The van der Waals surface area contributed by atoms with Gasteiger partial charge in [-0.25, -0.2) is 9.79 Å². The summed E-state index contributed by atoms with van der Waals surface area (Å²) in [6, 6.07) is 18.0. The molecule has 2 aliphatic rings. The summed E-state index contributed by atoms with van der Waals surface area (Å²) in [5, 5.41) is 2.96. The van der Waals surface area contributed by atoms with Crippen LogP contribution in [0, 0.1) is 0 Å². The normalized spacial score (nSPS) is 15.3. The lowest BCUT2D eigenvalue weighted by Gasteiger charge is -2.25. The molecule has 0 bridgehead atoms. The molecule has 0 unspecified atom stereocenters. The summed E-state index contributed by atoms with van der Waals surface area (Å²) >= 11 is 0. The molecule has 198 valence electrons. The van der Waals surface area contributed by atoms with E-state index in [1.807, 2.05) is 35.2 Å². The van der Waals surface area contributed by atoms with Crippen molar-refractivity contribution < 1.29 is 27.4 Å². The van der Waals surface area contributed by atoms with E-state index in [0.717, 1.165) is 17.7 Å². The number of fused-ring (bicyclic) bond motifs is 2. The number of alkyl halides is 3. The summed E-state index contributed by atoms with van der Waals surface area (Å²) in [7, 11) is 1.54. The van der Waals surface area contributed by atoms with Crippen molar-refractivity contribution in [1.82, 2.24) is 15.1 Å². The highest BCUT2D eigenvalue weighted by Gasteiger charge is 2.33. The van der Waals surface area contributed by atoms with Gasteiger partial charge < -0.3 is 24.6 Å². The number of carbonyl (C=O) groups excluding carboxylic acids is 1. The van der Waals surface area contributed by atoms with Crippen molar-refractivity contribution in [1.29, 1.82) is 0 Å². The minimum atomic E-state index is -4.51. The number of rotatable bonds is 3. The van der Waals surface area contributed by atoms with Crippen molar-refractivity contribution in [3.63, 3.8) is 0 Å². The van der Waals surface area contributed by atoms with Gasteiger partial charge in [0.05, 0.1) is 18.2 Å². The van der Waals surface area contributed by atoms with E-state index in [2.05, 4.69) is 10.3 Å². The van der Waals surface area contributed by atoms with Crippen LogP contribution in [-0.4, -0.2) is 55.0 Å². The zero-order valence-corrected chi connectivity index (χ0v) is 20.8. The van der Waals surface area contributed by atoms with E-state index in [9.17, 15) is 18.0 Å². The lowest BCUT2D eigenvalue weighted by Crippen LogP contribution is -2.42. The number of hydrogen-bond donors (Lipinski definition) is 1. The van der Waals surface area contributed by atoms with E-state index in [1.54, 1.807) is 30.2 Å². The van der Waals surface area contributed by atoms with E-state index < -0.39 is 11.7 Å². The molecular formula is C28H27F3N4O3. The first-order chi connectivity index (χ1) is 18.3. The summed E-state index contributed by atoms with van der Waals surface area (Å²) < 4.78 is 51.8. The molecule has 1 N–H and O–H groups in total. The van der Waals surface area contributed by atoms with E-state index >= 15 is 0 Å². The minimum absolute atomic E-state index is 0.0895. The molecule has 2 heterocycles. The highest BCUT2D eigenvalue weighted by atomic mass is 19.4. The van der Waals surface area contributed by atoms with Crippen LogP contribution in [0.5, 0.6) is 17.2 Å². The number of halogens is 3. The number of benzene rings is 3. The highest BCUT2D eigenvalue weighted by Crippen LogP contribution is 2.42. The molecular weight excluding hydrogens is 497 g/mol. The number of ether oxygens (including phenoxy) is 2. The Hall–Kier alpha value is -4.21. The van der Waals surface area contributed by atoms with Crippen LogP contribution < -0.4 is 14.8 Å². The molecule has 0 aromatic heterocycles. The van der Waals surface area contributed by atoms with Crippen molar-refractivity contribution in [3.05, 3.63) is 83.4 Å². The van der Waals surface area contributed by atoms with Gasteiger partial charge in [0.2, 0.25) is 0 Å². The molecule has 1 fully saturated rings. The Balaban J connectivity index is 1.41. The molecule has 1 saturated heterocycles. The second-order valence-corrected chi connectivity index (χ2v) is 9.05. The molecule has 5 rings (SSSR count). The zero-order valence-electron chi connectivity index (χ0n) is 20.8. The third-order valence-corrected chi connectivity index (χ3v) is 6.53. The fourth-order valence-electron chi connectivity index (χ4n) is 4.52. The van der Waals surface area contributed by atoms with Crippen LogP contribution in [-0.2, 0) is 12.7 Å². The van der Waals surface area contributed by atoms with Crippen LogP contribution in [0.3, 0.4) is 0 Å². The Morgan fingerprint density at radius 3 is 2.55 bits per heavy atom. The minimum Gasteiger partial charge on any atom is -0.497 e. The lowest BCUT2D eigenvalue weighted by atomic mass is 10.1. The summed E-state index contributed by atoms with van der Waals surface area (Å²) in [5.41, 5.74) is 0.902. The predicted octanol–water partition coefficient (Wildman–Crippen LogP) is 5.82. The largest absolute Gasteiger partial charge is 0.497 e. The lowest BCUT2D eigenvalue weighted by molar-refractivity contribution is -0.137. The molecule has 0 spiro atoms. The Morgan fingerprint density at radius 2 is 1.79 bits per heavy atom. The third-order valence-electron chi connectivity index (χ3n) is 6.53. The third kappa shape index (κ3) is 5.53. The molecule has 38 heavy (non-hydrogen) atoms. The zero-order chi connectivity index (χ0) is 26.7. The van der Waals surface area contributed by atoms with Crippen molar-refractivity contribution in [3.8, 4) is 17.2 Å². The maximum Gasteiger partial charge on any atom is 0.416 e. The topological polar surface area (TPSA) is 66.4 Å². The average molecular weight is 525 g/mol. The molecule has 0 atom stereocenters. The molecule has 0 aliphatic carbocycles. The Morgan fingerprint density at radius 1 is 1.00 bits per heavy atom. The number of carbonyl (C=O) groups is 1. The molecule has 3 aromatic rings. The van der Waals surface area contributed by atoms with E-state index in [-0.39, 0.29) is 17.5 Å². The molecule has 7 nitrogen and oxygen atoms in total. The Labute approximate surface area is 218 Å². The number of nitrogens with one attached hydrogen (secondary N) is 1. The van der Waals surface area contributed by atoms with E-state index in [0.29, 0.717) is 62.0 Å². The van der Waals surface area contributed by atoms with Gasteiger partial charge in [-0.3, -0.25) is 0 Å². The first-order valence-corrected chi connectivity index (χ1v) is 12.3. The van der Waals surface area contributed by atoms with Crippen LogP contribution >= 0.6 is 0 Å². The number of urea groups is 1. The van der Waals surface area contributed by atoms with Crippen LogP contribution in [0.1, 0.15) is 23.1 Å². The predicted molar refractivity (Wildman–Crippen MR) is 137 cm³/mol. The van der Waals surface area contributed by atoms with Gasteiger partial charge in [-0.2, -0.15) is 13.2 Å². The second kappa shape index (κ2) is 10.6. The molecule has 2 aliphatic heterocycles. The van der Waals surface area contributed by atoms with Crippen molar-refractivity contribution in [2.24, 2.45) is 4.99 Å². The van der Waals surface area contributed by atoms with Crippen LogP contribution in [0.4, 0.5) is 23.7 Å². The molecule has 10 heteroatoms. The van der Waals surface area contributed by atoms with Gasteiger partial charge >= 0.3 is 12.2 Å². The molecule has 0 saturated carbocycles. The quantitative estimate of drug-likeness (QED) is 0.469. The maximum absolute atomic E-state index is 13.5. The van der Waals surface area contributed by atoms with Gasteiger partial charge in [-0.1, -0.05) is 30.3 Å². The molecule has 3 aromatic carbocycles. The van der Waals surface area contributed by atoms with Crippen molar-refractivity contribution in [2.45, 2.75) is 19.1 Å². The fourth-order valence-corrected chi connectivity index (χ4v) is 4.52. The number of nitrogens with zero attached hydrogens (tertiary/aromatic N) is 3. The van der Waals surface area contributed by atoms with Gasteiger partial charge in [0.1, 0.15) is 23.0 Å². The SMILES string of the molecule is COc1ccc2c(c1)C(N1CCCN(C(=O)NCc3ccccc3)CC1)=Nc1cc(C(F)(F)F)ccc1O2. The van der Waals surface area contributed by atoms with E-state index in [4.69, 9.17) is 9.47 Å². The van der Waals surface area contributed by atoms with Crippen LogP contribution in [0.15, 0.2) is 71.7 Å². The number of amidine groups is 1. The van der Waals surface area contributed by atoms with Gasteiger partial charge in [0, 0.05) is 32.7 Å². The Bertz CT molecular complexity index is 1340. The van der Waals surface area contributed by atoms with Gasteiger partial charge in [-0.05, 0) is 48.4 Å². The Kier molecular flexibility index (Phi) is 7.13. The number of methoxy groups -OCH3 is 1. The number of hydrogen-bond acceptors (Lipinski definition) is 5. The summed E-state index contributed by atoms with van der Waals surface area (Å²) in [5.74, 6) is 1.74. The first-order valence-electron chi connectivity index (χ1n) is 12.3. The van der Waals surface area contributed by atoms with Gasteiger partial charge in [0.25, 0.3) is 0 Å². The standard InChI is InChI=1S/C28H27F3N4O3/c1-37-21-9-11-24-22(17-21)26(33-23-16-20(28(29,30)31)8-10-25(23)38-24)34-12-5-13-35(15-14-34)27(36)32-18-19-6-3-2-4-7-19/h2-4,6-11,16-17H,5,12-15,18H2,1H3,(H,32,36). The fraction of sp³-hybridized carbons (Fsp3) is 0.286. The van der Waals surface area contributed by atoms with Crippen molar-refractivity contribution in [2.75, 3.05) is 33.3 Å². The average Bonchev–Trinajstić information content (AvgIpc) is 3.26.